The van der Waals surface area contributed by atoms with Gasteiger partial charge in [-0.2, -0.15) is 0 Å². The molecule has 3 aromatic rings. The molecule has 6 nitrogen and oxygen atoms in total. The van der Waals surface area contributed by atoms with Gasteiger partial charge in [0.05, 0.1) is 10.6 Å². The number of halogens is 2. The predicted molar refractivity (Wildman–Crippen MR) is 124 cm³/mol. The fraction of sp³-hybridized carbons (Fsp3) is 0.360. The minimum Gasteiger partial charge on any atom is -0.481 e. The minimum absolute atomic E-state index is 0.0390. The number of hydrogen-bond acceptors (Lipinski definition) is 5. The number of likely N-dealkylation sites (tertiary alicyclic amines) is 1. The fourth-order valence-corrected chi connectivity index (χ4v) is 5.13. The van der Waals surface area contributed by atoms with E-state index in [1.54, 1.807) is 31.2 Å². The first-order valence-corrected chi connectivity index (χ1v) is 11.4. The summed E-state index contributed by atoms with van der Waals surface area (Å²) in [5, 5.41) is 0.790. The van der Waals surface area contributed by atoms with E-state index < -0.39 is 17.5 Å². The summed E-state index contributed by atoms with van der Waals surface area (Å²) < 4.78 is 24.8. The van der Waals surface area contributed by atoms with Gasteiger partial charge in [0.2, 0.25) is 0 Å². The van der Waals surface area contributed by atoms with Crippen molar-refractivity contribution in [3.63, 3.8) is 0 Å². The highest BCUT2D eigenvalue weighted by Crippen LogP contribution is 2.31. The van der Waals surface area contributed by atoms with Crippen molar-refractivity contribution in [3.05, 3.63) is 63.7 Å². The third-order valence-electron chi connectivity index (χ3n) is 6.75. The van der Waals surface area contributed by atoms with Crippen molar-refractivity contribution in [2.75, 3.05) is 20.1 Å². The molecule has 0 aliphatic carbocycles. The molecule has 2 bridgehead atoms. The Bertz CT molecular complexity index is 1280. The van der Waals surface area contributed by atoms with Crippen molar-refractivity contribution < 1.29 is 18.3 Å². The van der Waals surface area contributed by atoms with Crippen LogP contribution in [0.25, 0.3) is 22.1 Å². The molecule has 0 spiro atoms. The van der Waals surface area contributed by atoms with Gasteiger partial charge in [-0.05, 0) is 63.2 Å². The highest BCUT2D eigenvalue weighted by Gasteiger charge is 2.40. The third-order valence-corrected chi connectivity index (χ3v) is 7.06. The van der Waals surface area contributed by atoms with E-state index in [9.17, 15) is 14.0 Å². The largest absolute Gasteiger partial charge is 0.481 e. The van der Waals surface area contributed by atoms with Crippen LogP contribution in [0.3, 0.4) is 0 Å². The second-order valence-corrected chi connectivity index (χ2v) is 9.23. The molecule has 2 aliphatic rings. The lowest BCUT2D eigenvalue weighted by molar-refractivity contribution is -0.141. The van der Waals surface area contributed by atoms with Crippen LogP contribution in [0.2, 0.25) is 5.02 Å². The van der Waals surface area contributed by atoms with Gasteiger partial charge in [0.25, 0.3) is 5.91 Å². The van der Waals surface area contributed by atoms with E-state index in [4.69, 9.17) is 20.8 Å². The second kappa shape index (κ2) is 8.47. The van der Waals surface area contributed by atoms with Crippen LogP contribution in [0.5, 0.6) is 5.75 Å². The van der Waals surface area contributed by atoms with E-state index in [1.807, 2.05) is 4.90 Å². The van der Waals surface area contributed by atoms with Crippen molar-refractivity contribution in [1.29, 1.82) is 0 Å². The lowest BCUT2D eigenvalue weighted by Gasteiger charge is -2.39. The third kappa shape index (κ3) is 4.11. The maximum atomic E-state index is 13.4. The number of amides is 1. The molecule has 3 heterocycles. The number of ether oxygens (including phenoxy) is 1. The molecule has 3 atom stereocenters. The van der Waals surface area contributed by atoms with Crippen molar-refractivity contribution >= 4 is 28.5 Å². The van der Waals surface area contributed by atoms with Crippen molar-refractivity contribution in [2.45, 2.75) is 38.0 Å². The standard InChI is InChI=1S/C25H24ClFN2O4/c1-14(24(30)29-12-17-5-6-18(13-29)28(17)2)32-19-7-3-15-9-21(25(31)33-23(15)11-19)20-8-4-16(27)10-22(20)26/h3-4,7-11,14,17-18H,5-6,12-13H2,1-2H3/t14-,17?,18?/m1/s1. The first kappa shape index (κ1) is 21.9. The molecule has 2 unspecified atom stereocenters. The van der Waals surface area contributed by atoms with Gasteiger partial charge in [0.1, 0.15) is 17.1 Å². The highest BCUT2D eigenvalue weighted by atomic mass is 35.5. The maximum Gasteiger partial charge on any atom is 0.344 e. The summed E-state index contributed by atoms with van der Waals surface area (Å²) in [6.07, 6.45) is 1.58. The molecule has 2 saturated heterocycles. The molecular formula is C25H24ClFN2O4. The Morgan fingerprint density at radius 1 is 1.12 bits per heavy atom. The summed E-state index contributed by atoms with van der Waals surface area (Å²) in [5.41, 5.74) is 0.380. The zero-order valence-corrected chi connectivity index (χ0v) is 19.1. The summed E-state index contributed by atoms with van der Waals surface area (Å²) in [7, 11) is 2.13. The lowest BCUT2D eigenvalue weighted by Crippen LogP contribution is -2.56. The quantitative estimate of drug-likeness (QED) is 0.531. The molecule has 33 heavy (non-hydrogen) atoms. The lowest BCUT2D eigenvalue weighted by atomic mass is 10.1. The Labute approximate surface area is 195 Å². The molecule has 0 radical (unpaired) electrons. The van der Waals surface area contributed by atoms with Gasteiger partial charge < -0.3 is 14.1 Å². The van der Waals surface area contributed by atoms with E-state index in [-0.39, 0.29) is 16.5 Å². The summed E-state index contributed by atoms with van der Waals surface area (Å²) in [6, 6.07) is 11.4. The predicted octanol–water partition coefficient (Wildman–Crippen LogP) is 4.32. The highest BCUT2D eigenvalue weighted by molar-refractivity contribution is 6.33. The van der Waals surface area contributed by atoms with E-state index in [0.29, 0.717) is 34.4 Å². The number of fused-ring (bicyclic) bond motifs is 3. The van der Waals surface area contributed by atoms with Crippen molar-refractivity contribution in [1.82, 2.24) is 9.80 Å². The number of nitrogens with zero attached hydrogens (tertiary/aromatic N) is 2. The van der Waals surface area contributed by atoms with Gasteiger partial charge in [-0.15, -0.1) is 0 Å². The number of hydrogen-bond donors (Lipinski definition) is 0. The fourth-order valence-electron chi connectivity index (χ4n) is 4.87. The first-order valence-electron chi connectivity index (χ1n) is 11.0. The molecular weight excluding hydrogens is 447 g/mol. The Balaban J connectivity index is 1.35. The normalized spacial score (nSPS) is 21.4. The zero-order chi connectivity index (χ0) is 23.3. The number of benzene rings is 2. The number of carbonyl (C=O) groups is 1. The SMILES string of the molecule is C[C@@H](Oc1ccc2cc(-c3ccc(F)cc3Cl)c(=O)oc2c1)C(=O)N1CC2CCC(C1)N2C. The Hall–Kier alpha value is -2.90. The van der Waals surface area contributed by atoms with Gasteiger partial charge in [-0.25, -0.2) is 9.18 Å². The molecule has 0 saturated carbocycles. The van der Waals surface area contributed by atoms with Crippen LogP contribution in [0.4, 0.5) is 4.39 Å². The van der Waals surface area contributed by atoms with Gasteiger partial charge in [-0.1, -0.05) is 11.6 Å². The van der Waals surface area contributed by atoms with E-state index >= 15 is 0 Å². The topological polar surface area (TPSA) is 63.0 Å². The zero-order valence-electron chi connectivity index (χ0n) is 18.4. The Kier molecular flexibility index (Phi) is 5.62. The Morgan fingerprint density at radius 3 is 2.55 bits per heavy atom. The first-order chi connectivity index (χ1) is 15.8. The minimum atomic E-state index is -0.658. The van der Waals surface area contributed by atoms with Crippen LogP contribution in [0.1, 0.15) is 19.8 Å². The van der Waals surface area contributed by atoms with E-state index in [1.165, 1.54) is 12.1 Å². The van der Waals surface area contributed by atoms with Crippen molar-refractivity contribution in [3.8, 4) is 16.9 Å². The molecule has 172 valence electrons. The molecule has 8 heteroatoms. The molecule has 2 aliphatic heterocycles. The molecule has 5 rings (SSSR count). The molecule has 1 aromatic heterocycles. The van der Waals surface area contributed by atoms with Crippen LogP contribution >= 0.6 is 11.6 Å². The van der Waals surface area contributed by atoms with Crippen LogP contribution in [0.15, 0.2) is 51.7 Å². The average Bonchev–Trinajstić information content (AvgIpc) is 2.98. The molecule has 1 amide bonds. The van der Waals surface area contributed by atoms with Crippen LogP contribution in [-0.2, 0) is 4.79 Å². The summed E-state index contributed by atoms with van der Waals surface area (Å²) in [4.78, 5) is 29.8. The Morgan fingerprint density at radius 2 is 1.85 bits per heavy atom. The van der Waals surface area contributed by atoms with Gasteiger partial charge in [0, 0.05) is 42.2 Å². The van der Waals surface area contributed by atoms with E-state index in [2.05, 4.69) is 11.9 Å². The monoisotopic (exact) mass is 470 g/mol. The van der Waals surface area contributed by atoms with Gasteiger partial charge in [0.15, 0.2) is 6.10 Å². The van der Waals surface area contributed by atoms with Crippen LogP contribution < -0.4 is 10.4 Å². The number of likely N-dealkylation sites (N-methyl/N-ethyl adjacent to an activating group) is 1. The summed E-state index contributed by atoms with van der Waals surface area (Å²) in [6.45, 7) is 3.18. The summed E-state index contributed by atoms with van der Waals surface area (Å²) in [5.74, 6) is -0.0809. The maximum absolute atomic E-state index is 13.4. The smallest absolute Gasteiger partial charge is 0.344 e. The van der Waals surface area contributed by atoms with Crippen LogP contribution in [0, 0.1) is 5.82 Å². The van der Waals surface area contributed by atoms with E-state index in [0.717, 1.165) is 32.0 Å². The van der Waals surface area contributed by atoms with Crippen molar-refractivity contribution in [2.24, 2.45) is 0 Å². The second-order valence-electron chi connectivity index (χ2n) is 8.83. The molecule has 2 fully saturated rings. The number of rotatable bonds is 4. The number of carbonyl (C=O) groups excluding carboxylic acids is 1. The number of piperazine rings is 1. The molecule has 2 aromatic carbocycles. The van der Waals surface area contributed by atoms with Gasteiger partial charge in [-0.3, -0.25) is 9.69 Å². The van der Waals surface area contributed by atoms with Gasteiger partial charge >= 0.3 is 5.63 Å². The average molecular weight is 471 g/mol. The molecule has 0 N–H and O–H groups in total. The van der Waals surface area contributed by atoms with Crippen LogP contribution in [-0.4, -0.2) is 54.0 Å². The summed E-state index contributed by atoms with van der Waals surface area (Å²) >= 11 is 6.11.